The fourth-order valence-corrected chi connectivity index (χ4v) is 4.87. The van der Waals surface area contributed by atoms with Crippen LogP contribution in [0.4, 0.5) is 0 Å². The fourth-order valence-electron chi connectivity index (χ4n) is 4.87. The summed E-state index contributed by atoms with van der Waals surface area (Å²) >= 11 is 0. The number of benzene rings is 2. The number of hydrogen-bond donors (Lipinski definition) is 3. The van der Waals surface area contributed by atoms with Gasteiger partial charge < -0.3 is 20.2 Å². The minimum Gasteiger partial charge on any atom is -0.361 e. The molecule has 190 valence electrons. The normalized spacial score (nSPS) is 12.2. The summed E-state index contributed by atoms with van der Waals surface area (Å²) in [6, 6.07) is 15.2. The molecule has 2 heterocycles. The molecule has 36 heavy (non-hydrogen) atoms. The van der Waals surface area contributed by atoms with Crippen molar-refractivity contribution in [3.05, 3.63) is 72.1 Å². The van der Waals surface area contributed by atoms with Gasteiger partial charge in [-0.1, -0.05) is 75.9 Å². The molecule has 4 rings (SSSR count). The average molecular weight is 487 g/mol. The first-order valence-electron chi connectivity index (χ1n) is 13.3. The number of unbranched alkanes of at least 4 members (excludes halogenated alkanes) is 4. The number of carbonyl (C=O) groups excluding carboxylic acids is 2. The maximum absolute atomic E-state index is 14.0. The standard InChI is InChI=1S/C30H38N4O2/c1-3-5-11-17-34(18-12-6-4-2)30(36)28(19-22-20-31-26-15-9-7-13-23(22)26)33-29(35)25-21-32-27-16-10-8-14-24(25)27/h7-10,13-16,20-21,28,31-32H,3-6,11-12,17-19H2,1-2H3,(H,33,35)/t28-/m1/s1. The quantitative estimate of drug-likeness (QED) is 0.197. The Morgan fingerprint density at radius 1 is 0.806 bits per heavy atom. The maximum atomic E-state index is 14.0. The van der Waals surface area contributed by atoms with E-state index in [2.05, 4.69) is 35.2 Å². The molecule has 6 nitrogen and oxygen atoms in total. The molecule has 6 heteroatoms. The van der Waals surface area contributed by atoms with Gasteiger partial charge in [-0.25, -0.2) is 0 Å². The van der Waals surface area contributed by atoms with Gasteiger partial charge in [-0.3, -0.25) is 9.59 Å². The lowest BCUT2D eigenvalue weighted by atomic mass is 10.0. The summed E-state index contributed by atoms with van der Waals surface area (Å²) in [7, 11) is 0. The molecule has 0 fully saturated rings. The molecule has 0 aliphatic carbocycles. The van der Waals surface area contributed by atoms with Gasteiger partial charge in [-0.2, -0.15) is 0 Å². The van der Waals surface area contributed by atoms with Crippen LogP contribution in [0.2, 0.25) is 0 Å². The second kappa shape index (κ2) is 12.4. The van der Waals surface area contributed by atoms with E-state index in [0.717, 1.165) is 79.0 Å². The molecule has 3 N–H and O–H groups in total. The van der Waals surface area contributed by atoms with E-state index in [1.165, 1.54) is 0 Å². The highest BCUT2D eigenvalue weighted by molar-refractivity contribution is 6.08. The van der Waals surface area contributed by atoms with Crippen LogP contribution < -0.4 is 5.32 Å². The van der Waals surface area contributed by atoms with Crippen LogP contribution in [0.1, 0.15) is 68.3 Å². The van der Waals surface area contributed by atoms with Gasteiger partial charge in [0.25, 0.3) is 5.91 Å². The maximum Gasteiger partial charge on any atom is 0.254 e. The van der Waals surface area contributed by atoms with E-state index in [1.807, 2.05) is 53.6 Å². The molecular formula is C30H38N4O2. The molecule has 2 amide bonds. The molecule has 0 aliphatic rings. The highest BCUT2D eigenvalue weighted by atomic mass is 16.2. The molecule has 4 aromatic rings. The van der Waals surface area contributed by atoms with E-state index in [1.54, 1.807) is 6.20 Å². The number of amides is 2. The molecule has 0 aliphatic heterocycles. The third-order valence-corrected chi connectivity index (χ3v) is 6.91. The minimum atomic E-state index is -0.645. The molecule has 0 unspecified atom stereocenters. The minimum absolute atomic E-state index is 0.000628. The lowest BCUT2D eigenvalue weighted by Crippen LogP contribution is -2.50. The Labute approximate surface area is 213 Å². The molecule has 0 saturated heterocycles. The lowest BCUT2D eigenvalue weighted by Gasteiger charge is -2.28. The van der Waals surface area contributed by atoms with Crippen LogP contribution in [0.3, 0.4) is 0 Å². The highest BCUT2D eigenvalue weighted by Gasteiger charge is 2.28. The van der Waals surface area contributed by atoms with E-state index in [0.29, 0.717) is 12.0 Å². The molecule has 2 aromatic heterocycles. The summed E-state index contributed by atoms with van der Waals surface area (Å²) in [6.45, 7) is 5.79. The van der Waals surface area contributed by atoms with Crippen molar-refractivity contribution in [2.45, 2.75) is 64.8 Å². The van der Waals surface area contributed by atoms with Crippen molar-refractivity contribution >= 4 is 33.6 Å². The predicted molar refractivity (Wildman–Crippen MR) is 147 cm³/mol. The number of fused-ring (bicyclic) bond motifs is 2. The SMILES string of the molecule is CCCCCN(CCCCC)C(=O)[C@@H](Cc1c[nH]c2ccccc12)NC(=O)c1c[nH]c2ccccc12. The van der Waals surface area contributed by atoms with Crippen molar-refractivity contribution in [2.75, 3.05) is 13.1 Å². The largest absolute Gasteiger partial charge is 0.361 e. The fraction of sp³-hybridized carbons (Fsp3) is 0.400. The summed E-state index contributed by atoms with van der Waals surface area (Å²) < 4.78 is 0. The van der Waals surface area contributed by atoms with Crippen molar-refractivity contribution in [3.8, 4) is 0 Å². The van der Waals surface area contributed by atoms with Crippen LogP contribution >= 0.6 is 0 Å². The van der Waals surface area contributed by atoms with Crippen molar-refractivity contribution in [1.29, 1.82) is 0 Å². The van der Waals surface area contributed by atoms with Crippen molar-refractivity contribution in [3.63, 3.8) is 0 Å². The number of nitrogens with zero attached hydrogens (tertiary/aromatic N) is 1. The molecule has 0 saturated carbocycles. The zero-order valence-electron chi connectivity index (χ0n) is 21.5. The summed E-state index contributed by atoms with van der Waals surface area (Å²) in [5.74, 6) is -0.228. The lowest BCUT2D eigenvalue weighted by molar-refractivity contribution is -0.133. The number of hydrogen-bond acceptors (Lipinski definition) is 2. The number of rotatable bonds is 13. The van der Waals surface area contributed by atoms with E-state index < -0.39 is 6.04 Å². The summed E-state index contributed by atoms with van der Waals surface area (Å²) in [4.78, 5) is 35.9. The van der Waals surface area contributed by atoms with E-state index in [-0.39, 0.29) is 11.8 Å². The predicted octanol–water partition coefficient (Wildman–Crippen LogP) is 6.20. The van der Waals surface area contributed by atoms with Crippen molar-refractivity contribution in [2.24, 2.45) is 0 Å². The zero-order chi connectivity index (χ0) is 25.3. The zero-order valence-corrected chi connectivity index (χ0v) is 21.5. The Balaban J connectivity index is 1.61. The highest BCUT2D eigenvalue weighted by Crippen LogP contribution is 2.22. The van der Waals surface area contributed by atoms with E-state index in [9.17, 15) is 9.59 Å². The molecule has 0 radical (unpaired) electrons. The van der Waals surface area contributed by atoms with Crippen molar-refractivity contribution < 1.29 is 9.59 Å². The van der Waals surface area contributed by atoms with Crippen LogP contribution in [0.5, 0.6) is 0 Å². The van der Waals surface area contributed by atoms with E-state index in [4.69, 9.17) is 0 Å². The number of aromatic amines is 2. The first-order chi connectivity index (χ1) is 17.6. The van der Waals surface area contributed by atoms with Gasteiger partial charge in [0.15, 0.2) is 0 Å². The first kappa shape index (κ1) is 25.5. The van der Waals surface area contributed by atoms with Gasteiger partial charge in [0.2, 0.25) is 5.91 Å². The van der Waals surface area contributed by atoms with Crippen LogP contribution in [0, 0.1) is 0 Å². The molecule has 1 atom stereocenters. The van der Waals surface area contributed by atoms with E-state index >= 15 is 0 Å². The Bertz CT molecular complexity index is 1280. The Morgan fingerprint density at radius 3 is 2.06 bits per heavy atom. The molecule has 2 aromatic carbocycles. The number of nitrogens with one attached hydrogen (secondary N) is 3. The second-order valence-electron chi connectivity index (χ2n) is 9.58. The van der Waals surface area contributed by atoms with Crippen LogP contribution in [0.25, 0.3) is 21.8 Å². The van der Waals surface area contributed by atoms with Gasteiger partial charge in [0.1, 0.15) is 6.04 Å². The number of H-pyrrole nitrogens is 2. The number of para-hydroxylation sites is 2. The monoisotopic (exact) mass is 486 g/mol. The second-order valence-corrected chi connectivity index (χ2v) is 9.58. The van der Waals surface area contributed by atoms with Gasteiger partial charge >= 0.3 is 0 Å². The molecule has 0 bridgehead atoms. The smallest absolute Gasteiger partial charge is 0.254 e. The van der Waals surface area contributed by atoms with Gasteiger partial charge in [-0.15, -0.1) is 0 Å². The number of carbonyl (C=O) groups is 2. The molecule has 0 spiro atoms. The third-order valence-electron chi connectivity index (χ3n) is 6.91. The average Bonchev–Trinajstić information content (AvgIpc) is 3.52. The van der Waals surface area contributed by atoms with Gasteiger partial charge in [0.05, 0.1) is 5.56 Å². The van der Waals surface area contributed by atoms with Gasteiger partial charge in [0, 0.05) is 53.7 Å². The Morgan fingerprint density at radius 2 is 1.39 bits per heavy atom. The summed E-state index contributed by atoms with van der Waals surface area (Å²) in [5, 5.41) is 5.05. The first-order valence-corrected chi connectivity index (χ1v) is 13.3. The molecular weight excluding hydrogens is 448 g/mol. The Kier molecular flexibility index (Phi) is 8.82. The Hall–Kier alpha value is -3.54. The number of aromatic nitrogens is 2. The van der Waals surface area contributed by atoms with Crippen molar-refractivity contribution in [1.82, 2.24) is 20.2 Å². The topological polar surface area (TPSA) is 81.0 Å². The summed E-state index contributed by atoms with van der Waals surface area (Å²) in [5.41, 5.74) is 3.53. The van der Waals surface area contributed by atoms with Gasteiger partial charge in [-0.05, 0) is 30.5 Å². The van der Waals surface area contributed by atoms with Crippen LogP contribution in [0.15, 0.2) is 60.9 Å². The van der Waals surface area contributed by atoms with Crippen LogP contribution in [-0.4, -0.2) is 45.8 Å². The summed E-state index contributed by atoms with van der Waals surface area (Å²) in [6.07, 6.45) is 10.5. The van der Waals surface area contributed by atoms with Crippen LogP contribution in [-0.2, 0) is 11.2 Å². The third kappa shape index (κ3) is 5.99.